The van der Waals surface area contributed by atoms with Crippen molar-refractivity contribution >= 4 is 39.2 Å². The molecule has 0 atom stereocenters. The number of para-hydroxylation sites is 2. The monoisotopic (exact) mass is 447 g/mol. The van der Waals surface area contributed by atoms with E-state index in [4.69, 9.17) is 9.15 Å². The standard InChI is InChI=1S/C20H21N3O7S/c1-20(2)19(26)21-13-5-3-4-6-14(13)23(20)16(24)11-29-18(25)15-9-10-17(30-15)31(27,28)22-12-7-8-12/h3-6,9-10,12,22H,7-8,11H2,1-2H3,(H,21,26). The summed E-state index contributed by atoms with van der Waals surface area (Å²) in [7, 11) is -3.86. The average Bonchev–Trinajstić information content (AvgIpc) is 3.35. The summed E-state index contributed by atoms with van der Waals surface area (Å²) in [6.45, 7) is 2.50. The highest BCUT2D eigenvalue weighted by molar-refractivity contribution is 7.89. The molecule has 11 heteroatoms. The molecule has 0 unspecified atom stereocenters. The van der Waals surface area contributed by atoms with Gasteiger partial charge in [-0.2, -0.15) is 0 Å². The Bertz CT molecular complexity index is 1160. The van der Waals surface area contributed by atoms with Crippen LogP contribution in [0, 0.1) is 0 Å². The Labute approximate surface area is 178 Å². The fraction of sp³-hybridized carbons (Fsp3) is 0.350. The maximum absolute atomic E-state index is 12.9. The van der Waals surface area contributed by atoms with Crippen molar-refractivity contribution in [2.45, 2.75) is 43.4 Å². The second kappa shape index (κ2) is 7.50. The summed E-state index contributed by atoms with van der Waals surface area (Å²) in [5.74, 6) is -2.33. The largest absolute Gasteiger partial charge is 0.450 e. The molecule has 31 heavy (non-hydrogen) atoms. The highest BCUT2D eigenvalue weighted by Crippen LogP contribution is 2.36. The van der Waals surface area contributed by atoms with Crippen LogP contribution in [0.3, 0.4) is 0 Å². The number of furan rings is 1. The van der Waals surface area contributed by atoms with Crippen molar-refractivity contribution in [3.8, 4) is 0 Å². The second-order valence-corrected chi connectivity index (χ2v) is 9.49. The number of hydrogen-bond donors (Lipinski definition) is 2. The minimum Gasteiger partial charge on any atom is -0.450 e. The van der Waals surface area contributed by atoms with Gasteiger partial charge in [0.2, 0.25) is 16.8 Å². The first-order valence-corrected chi connectivity index (χ1v) is 11.1. The number of ether oxygens (including phenoxy) is 1. The lowest BCUT2D eigenvalue weighted by molar-refractivity contribution is -0.128. The minimum atomic E-state index is -3.86. The number of benzene rings is 1. The Morgan fingerprint density at radius 1 is 1.23 bits per heavy atom. The van der Waals surface area contributed by atoms with Crippen LogP contribution in [0.1, 0.15) is 37.2 Å². The Hall–Kier alpha value is -3.18. The van der Waals surface area contributed by atoms with Gasteiger partial charge in [-0.1, -0.05) is 12.1 Å². The van der Waals surface area contributed by atoms with Crippen molar-refractivity contribution in [2.24, 2.45) is 0 Å². The van der Waals surface area contributed by atoms with Crippen molar-refractivity contribution < 1.29 is 32.0 Å². The lowest BCUT2D eigenvalue weighted by Crippen LogP contribution is -2.59. The molecule has 0 saturated heterocycles. The Kier molecular flexibility index (Phi) is 5.10. The first kappa shape index (κ1) is 21.1. The van der Waals surface area contributed by atoms with Crippen molar-refractivity contribution in [1.82, 2.24) is 4.72 Å². The molecule has 1 aliphatic carbocycles. The number of amides is 2. The number of carbonyl (C=O) groups excluding carboxylic acids is 3. The zero-order valence-corrected chi connectivity index (χ0v) is 17.7. The van der Waals surface area contributed by atoms with E-state index in [1.807, 2.05) is 0 Å². The van der Waals surface area contributed by atoms with E-state index in [0.717, 1.165) is 18.9 Å². The van der Waals surface area contributed by atoms with Crippen molar-refractivity contribution in [3.63, 3.8) is 0 Å². The van der Waals surface area contributed by atoms with Crippen LogP contribution in [-0.4, -0.2) is 44.4 Å². The molecule has 1 aliphatic heterocycles. The number of anilines is 2. The quantitative estimate of drug-likeness (QED) is 0.643. The van der Waals surface area contributed by atoms with Gasteiger partial charge in [-0.05, 0) is 51.0 Å². The Morgan fingerprint density at radius 2 is 1.94 bits per heavy atom. The van der Waals surface area contributed by atoms with Crippen LogP contribution in [0.15, 0.2) is 45.9 Å². The fourth-order valence-electron chi connectivity index (χ4n) is 3.21. The van der Waals surface area contributed by atoms with Crippen LogP contribution in [0.5, 0.6) is 0 Å². The molecular formula is C20H21N3O7S. The van der Waals surface area contributed by atoms with Gasteiger partial charge in [0.25, 0.3) is 15.9 Å². The van der Waals surface area contributed by atoms with Gasteiger partial charge in [0.1, 0.15) is 5.54 Å². The van der Waals surface area contributed by atoms with E-state index < -0.39 is 39.1 Å². The lowest BCUT2D eigenvalue weighted by Gasteiger charge is -2.41. The van der Waals surface area contributed by atoms with E-state index >= 15 is 0 Å². The summed E-state index contributed by atoms with van der Waals surface area (Å²) in [6.07, 6.45) is 1.51. The van der Waals surface area contributed by atoms with E-state index in [-0.39, 0.29) is 17.7 Å². The molecule has 1 aromatic heterocycles. The third-order valence-corrected chi connectivity index (χ3v) is 6.42. The number of esters is 1. The molecule has 2 heterocycles. The van der Waals surface area contributed by atoms with Gasteiger partial charge in [0, 0.05) is 6.04 Å². The molecule has 2 N–H and O–H groups in total. The van der Waals surface area contributed by atoms with Gasteiger partial charge in [0.05, 0.1) is 11.4 Å². The number of hydrogen-bond acceptors (Lipinski definition) is 7. The van der Waals surface area contributed by atoms with Crippen LogP contribution in [0.25, 0.3) is 0 Å². The predicted octanol–water partition coefficient (Wildman–Crippen LogP) is 1.64. The summed E-state index contributed by atoms with van der Waals surface area (Å²) < 4.78 is 36.9. The van der Waals surface area contributed by atoms with Crippen LogP contribution in [0.2, 0.25) is 0 Å². The van der Waals surface area contributed by atoms with Gasteiger partial charge in [-0.25, -0.2) is 17.9 Å². The maximum Gasteiger partial charge on any atom is 0.374 e. The normalized spacial score (nSPS) is 17.6. The van der Waals surface area contributed by atoms with Crippen molar-refractivity contribution in [3.05, 3.63) is 42.2 Å². The predicted molar refractivity (Wildman–Crippen MR) is 109 cm³/mol. The zero-order valence-electron chi connectivity index (χ0n) is 16.9. The number of nitrogens with one attached hydrogen (secondary N) is 2. The zero-order chi connectivity index (χ0) is 22.4. The SMILES string of the molecule is CC1(C)C(=O)Nc2ccccc2N1C(=O)COC(=O)c1ccc(S(=O)(=O)NC2CC2)o1. The minimum absolute atomic E-state index is 0.115. The molecule has 164 valence electrons. The molecule has 0 spiro atoms. The molecule has 0 radical (unpaired) electrons. The topological polar surface area (TPSA) is 135 Å². The van der Waals surface area contributed by atoms with E-state index in [1.54, 1.807) is 38.1 Å². The second-order valence-electron chi connectivity index (χ2n) is 7.85. The number of sulfonamides is 1. The van der Waals surface area contributed by atoms with Crippen LogP contribution < -0.4 is 14.9 Å². The molecule has 4 rings (SSSR count). The van der Waals surface area contributed by atoms with E-state index in [9.17, 15) is 22.8 Å². The molecule has 10 nitrogen and oxygen atoms in total. The number of nitrogens with zero attached hydrogens (tertiary/aromatic N) is 1. The maximum atomic E-state index is 12.9. The summed E-state index contributed by atoms with van der Waals surface area (Å²) in [6, 6.07) is 8.98. The smallest absolute Gasteiger partial charge is 0.374 e. The molecule has 2 amide bonds. The molecule has 1 saturated carbocycles. The molecule has 1 fully saturated rings. The molecule has 2 aromatic rings. The number of carbonyl (C=O) groups is 3. The van der Waals surface area contributed by atoms with E-state index in [2.05, 4.69) is 10.0 Å². The van der Waals surface area contributed by atoms with E-state index in [0.29, 0.717) is 11.4 Å². The van der Waals surface area contributed by atoms with Gasteiger partial charge < -0.3 is 14.5 Å². The van der Waals surface area contributed by atoms with E-state index in [1.165, 1.54) is 11.0 Å². The summed E-state index contributed by atoms with van der Waals surface area (Å²) >= 11 is 0. The summed E-state index contributed by atoms with van der Waals surface area (Å²) in [5, 5.41) is 2.34. The van der Waals surface area contributed by atoms with Crippen molar-refractivity contribution in [1.29, 1.82) is 0 Å². The van der Waals surface area contributed by atoms with Crippen LogP contribution in [0.4, 0.5) is 11.4 Å². The third-order valence-electron chi connectivity index (χ3n) is 5.03. The van der Waals surface area contributed by atoms with Gasteiger partial charge in [0.15, 0.2) is 6.61 Å². The highest BCUT2D eigenvalue weighted by atomic mass is 32.2. The average molecular weight is 447 g/mol. The number of fused-ring (bicyclic) bond motifs is 1. The molecule has 2 aliphatic rings. The number of rotatable bonds is 6. The lowest BCUT2D eigenvalue weighted by atomic mass is 9.96. The van der Waals surface area contributed by atoms with Gasteiger partial charge in [-0.15, -0.1) is 0 Å². The molecular weight excluding hydrogens is 426 g/mol. The summed E-state index contributed by atoms with van der Waals surface area (Å²) in [5.41, 5.74) is -0.264. The highest BCUT2D eigenvalue weighted by Gasteiger charge is 2.43. The fourth-order valence-corrected chi connectivity index (χ4v) is 4.45. The Balaban J connectivity index is 1.46. The first-order valence-electron chi connectivity index (χ1n) is 9.62. The molecule has 1 aromatic carbocycles. The van der Waals surface area contributed by atoms with Gasteiger partial charge >= 0.3 is 5.97 Å². The summed E-state index contributed by atoms with van der Waals surface area (Å²) in [4.78, 5) is 38.9. The van der Waals surface area contributed by atoms with Crippen LogP contribution >= 0.6 is 0 Å². The third kappa shape index (κ3) is 4.06. The van der Waals surface area contributed by atoms with Crippen LogP contribution in [-0.2, 0) is 24.3 Å². The Morgan fingerprint density at radius 3 is 2.65 bits per heavy atom. The molecule has 0 bridgehead atoms. The van der Waals surface area contributed by atoms with Crippen molar-refractivity contribution in [2.75, 3.05) is 16.8 Å². The first-order chi connectivity index (χ1) is 14.6. The van der Waals surface area contributed by atoms with Gasteiger partial charge in [-0.3, -0.25) is 14.5 Å².